The molecule has 0 bridgehead atoms. The van der Waals surface area contributed by atoms with Crippen molar-refractivity contribution >= 4 is 49.8 Å². The Labute approximate surface area is 355 Å². The van der Waals surface area contributed by atoms with Crippen LogP contribution in [-0.2, 0) is 5.41 Å². The Morgan fingerprint density at radius 2 is 0.951 bits per heavy atom. The molecular weight excluding hydrogens is 739 g/mol. The van der Waals surface area contributed by atoms with Gasteiger partial charge in [0.05, 0.1) is 16.5 Å². The minimum absolute atomic E-state index is 0.537. The van der Waals surface area contributed by atoms with E-state index in [4.69, 9.17) is 4.42 Å². The SMILES string of the molecule is c1ccc(-c2ccc(N(c3ccc4c(c3)C(c3ccccc3)(c3ccccc3)c3ccccc3-4)c3cccc4oc5c(-c6ccccc6)c6ccccc6cc5c34)cc2)cc1. The van der Waals surface area contributed by atoms with Crippen LogP contribution in [0, 0.1) is 0 Å². The summed E-state index contributed by atoms with van der Waals surface area (Å²) in [6.07, 6.45) is 0. The molecule has 0 unspecified atom stereocenters. The largest absolute Gasteiger partial charge is 0.455 e. The molecule has 11 aromatic rings. The summed E-state index contributed by atoms with van der Waals surface area (Å²) in [6.45, 7) is 0. The van der Waals surface area contributed by atoms with Crippen molar-refractivity contribution in [2.45, 2.75) is 5.41 Å². The van der Waals surface area contributed by atoms with Crippen molar-refractivity contribution in [2.75, 3.05) is 4.90 Å². The minimum atomic E-state index is -0.537. The summed E-state index contributed by atoms with van der Waals surface area (Å²) >= 11 is 0. The van der Waals surface area contributed by atoms with E-state index in [2.05, 4.69) is 241 Å². The first kappa shape index (κ1) is 35.0. The molecule has 286 valence electrons. The number of rotatable bonds is 7. The van der Waals surface area contributed by atoms with Crippen LogP contribution in [0.25, 0.3) is 66.1 Å². The quantitative estimate of drug-likeness (QED) is 0.160. The van der Waals surface area contributed by atoms with Gasteiger partial charge in [-0.2, -0.15) is 0 Å². The predicted molar refractivity (Wildman–Crippen MR) is 254 cm³/mol. The summed E-state index contributed by atoms with van der Waals surface area (Å²) in [5, 5.41) is 4.52. The Morgan fingerprint density at radius 3 is 1.67 bits per heavy atom. The molecule has 0 radical (unpaired) electrons. The molecule has 1 aliphatic rings. The standard InChI is InChI=1S/C59H39NO/c1-5-18-40(19-6-1)41-32-34-46(35-33-41)60(54-30-17-31-55-57(54)51-38-43-22-13-14-27-48(43)56(58(51)61-55)42-20-7-2-8-21-42)47-36-37-50-49-28-15-16-29-52(49)59(53(50)39-47,44-23-9-3-10-24-44)45-25-11-4-12-26-45/h1-39H. The molecule has 0 saturated carbocycles. The molecule has 0 amide bonds. The third kappa shape index (κ3) is 5.43. The summed E-state index contributed by atoms with van der Waals surface area (Å²) in [6, 6.07) is 85.9. The highest BCUT2D eigenvalue weighted by molar-refractivity contribution is 6.22. The van der Waals surface area contributed by atoms with Crippen LogP contribution < -0.4 is 4.90 Å². The third-order valence-corrected chi connectivity index (χ3v) is 12.7. The molecule has 1 aliphatic carbocycles. The van der Waals surface area contributed by atoms with Gasteiger partial charge in [0, 0.05) is 22.3 Å². The maximum absolute atomic E-state index is 7.02. The van der Waals surface area contributed by atoms with Gasteiger partial charge in [-0.05, 0) is 103 Å². The lowest BCUT2D eigenvalue weighted by Gasteiger charge is -2.35. The molecule has 1 heterocycles. The second-order valence-corrected chi connectivity index (χ2v) is 16.0. The molecule has 0 spiro atoms. The maximum atomic E-state index is 7.02. The van der Waals surface area contributed by atoms with Crippen molar-refractivity contribution in [3.05, 3.63) is 259 Å². The molecule has 0 N–H and O–H groups in total. The van der Waals surface area contributed by atoms with Gasteiger partial charge in [-0.1, -0.05) is 194 Å². The van der Waals surface area contributed by atoms with Gasteiger partial charge in [-0.15, -0.1) is 0 Å². The average molecular weight is 778 g/mol. The van der Waals surface area contributed by atoms with Crippen molar-refractivity contribution in [3.63, 3.8) is 0 Å². The van der Waals surface area contributed by atoms with Crippen LogP contribution in [0.4, 0.5) is 17.1 Å². The lowest BCUT2D eigenvalue weighted by Crippen LogP contribution is -2.28. The van der Waals surface area contributed by atoms with Crippen LogP contribution in [0.15, 0.2) is 241 Å². The summed E-state index contributed by atoms with van der Waals surface area (Å²) in [7, 11) is 0. The van der Waals surface area contributed by atoms with E-state index in [9.17, 15) is 0 Å². The second-order valence-electron chi connectivity index (χ2n) is 16.0. The number of nitrogens with zero attached hydrogens (tertiary/aromatic N) is 1. The summed E-state index contributed by atoms with van der Waals surface area (Å²) < 4.78 is 7.02. The zero-order valence-electron chi connectivity index (χ0n) is 33.4. The van der Waals surface area contributed by atoms with Crippen LogP contribution >= 0.6 is 0 Å². The van der Waals surface area contributed by atoms with Crippen LogP contribution in [0.2, 0.25) is 0 Å². The number of fused-ring (bicyclic) bond motifs is 7. The molecule has 61 heavy (non-hydrogen) atoms. The third-order valence-electron chi connectivity index (χ3n) is 12.7. The molecule has 2 heteroatoms. The first-order chi connectivity index (χ1) is 30.3. The summed E-state index contributed by atoms with van der Waals surface area (Å²) in [5.41, 5.74) is 16.5. The van der Waals surface area contributed by atoms with E-state index in [1.54, 1.807) is 0 Å². The Hall–Kier alpha value is -7.94. The van der Waals surface area contributed by atoms with Crippen molar-refractivity contribution in [1.29, 1.82) is 0 Å². The highest BCUT2D eigenvalue weighted by Crippen LogP contribution is 2.57. The van der Waals surface area contributed by atoms with E-state index in [0.29, 0.717) is 0 Å². The topological polar surface area (TPSA) is 16.4 Å². The van der Waals surface area contributed by atoms with Gasteiger partial charge in [0.15, 0.2) is 0 Å². The fraction of sp³-hybridized carbons (Fsp3) is 0.0169. The zero-order chi connectivity index (χ0) is 40.3. The average Bonchev–Trinajstić information content (AvgIpc) is 3.86. The lowest BCUT2D eigenvalue weighted by atomic mass is 9.67. The van der Waals surface area contributed by atoms with E-state index < -0.39 is 5.41 Å². The molecule has 0 atom stereocenters. The maximum Gasteiger partial charge on any atom is 0.143 e. The van der Waals surface area contributed by atoms with Gasteiger partial charge in [-0.25, -0.2) is 0 Å². The minimum Gasteiger partial charge on any atom is -0.455 e. The van der Waals surface area contributed by atoms with Crippen LogP contribution in [0.1, 0.15) is 22.3 Å². The lowest BCUT2D eigenvalue weighted by molar-refractivity contribution is 0.670. The fourth-order valence-electron chi connectivity index (χ4n) is 10.1. The van der Waals surface area contributed by atoms with Gasteiger partial charge in [0.25, 0.3) is 0 Å². The molecule has 2 nitrogen and oxygen atoms in total. The number of hydrogen-bond donors (Lipinski definition) is 0. The van der Waals surface area contributed by atoms with Gasteiger partial charge in [0.2, 0.25) is 0 Å². The Bertz CT molecular complexity index is 3350. The smallest absolute Gasteiger partial charge is 0.143 e. The predicted octanol–water partition coefficient (Wildman–Crippen LogP) is 15.9. The Kier molecular flexibility index (Phi) is 8.11. The zero-order valence-corrected chi connectivity index (χ0v) is 33.4. The van der Waals surface area contributed by atoms with Gasteiger partial charge < -0.3 is 9.32 Å². The van der Waals surface area contributed by atoms with Crippen LogP contribution in [-0.4, -0.2) is 0 Å². The van der Waals surface area contributed by atoms with E-state index in [-0.39, 0.29) is 0 Å². The monoisotopic (exact) mass is 777 g/mol. The van der Waals surface area contributed by atoms with E-state index in [0.717, 1.165) is 50.1 Å². The number of anilines is 3. The first-order valence-electron chi connectivity index (χ1n) is 21.0. The van der Waals surface area contributed by atoms with Crippen LogP contribution in [0.5, 0.6) is 0 Å². The molecule has 1 aromatic heterocycles. The molecule has 0 saturated heterocycles. The van der Waals surface area contributed by atoms with Crippen molar-refractivity contribution in [3.8, 4) is 33.4 Å². The fourth-order valence-corrected chi connectivity index (χ4v) is 10.1. The van der Waals surface area contributed by atoms with E-state index in [1.807, 2.05) is 0 Å². The van der Waals surface area contributed by atoms with Crippen LogP contribution in [0.3, 0.4) is 0 Å². The highest BCUT2D eigenvalue weighted by Gasteiger charge is 2.46. The van der Waals surface area contributed by atoms with E-state index >= 15 is 0 Å². The van der Waals surface area contributed by atoms with E-state index in [1.165, 1.54) is 55.3 Å². The molecule has 10 aromatic carbocycles. The van der Waals surface area contributed by atoms with Gasteiger partial charge in [-0.3, -0.25) is 0 Å². The van der Waals surface area contributed by atoms with Gasteiger partial charge in [0.1, 0.15) is 11.2 Å². The van der Waals surface area contributed by atoms with Gasteiger partial charge >= 0.3 is 0 Å². The molecule has 0 fully saturated rings. The summed E-state index contributed by atoms with van der Waals surface area (Å²) in [5.74, 6) is 0. The Balaban J connectivity index is 1.15. The van der Waals surface area contributed by atoms with Crippen molar-refractivity contribution in [2.24, 2.45) is 0 Å². The van der Waals surface area contributed by atoms with Crippen molar-refractivity contribution < 1.29 is 4.42 Å². The Morgan fingerprint density at radius 1 is 0.377 bits per heavy atom. The molecule has 0 aliphatic heterocycles. The first-order valence-corrected chi connectivity index (χ1v) is 21.0. The normalized spacial score (nSPS) is 12.7. The number of furan rings is 1. The highest BCUT2D eigenvalue weighted by atomic mass is 16.3. The summed E-state index contributed by atoms with van der Waals surface area (Å²) in [4.78, 5) is 2.44. The number of hydrogen-bond acceptors (Lipinski definition) is 2. The van der Waals surface area contributed by atoms with Crippen molar-refractivity contribution in [1.82, 2.24) is 0 Å². The molecular formula is C59H39NO. The number of benzene rings is 10. The second kappa shape index (κ2) is 14.1. The molecule has 12 rings (SSSR count).